The van der Waals surface area contributed by atoms with Crippen LogP contribution in [0.3, 0.4) is 0 Å². The summed E-state index contributed by atoms with van der Waals surface area (Å²) in [4.78, 5) is 24.7. The molecule has 0 saturated heterocycles. The van der Waals surface area contributed by atoms with Crippen LogP contribution in [0.15, 0.2) is 72.3 Å². The molecule has 0 saturated carbocycles. The number of nitrogens with one attached hydrogen (secondary N) is 2. The summed E-state index contributed by atoms with van der Waals surface area (Å²) in [5.74, 6) is -1.54. The number of nitriles is 1. The summed E-state index contributed by atoms with van der Waals surface area (Å²) in [5, 5.41) is 14.9. The van der Waals surface area contributed by atoms with Gasteiger partial charge < -0.3 is 15.4 Å². The number of halogens is 2. The molecule has 0 unspecified atom stereocenters. The van der Waals surface area contributed by atoms with Crippen LogP contribution in [0.25, 0.3) is 6.08 Å². The third-order valence-corrected chi connectivity index (χ3v) is 4.69. The van der Waals surface area contributed by atoms with Crippen molar-refractivity contribution >= 4 is 40.9 Å². The SMILES string of the molecule is Cc1ccc(NC(=O)C(C#N)=Cc2cc(Cl)ccc2OCC(=O)Nc2ccccc2F)cc1. The van der Waals surface area contributed by atoms with Crippen molar-refractivity contribution in [2.75, 3.05) is 17.2 Å². The molecule has 6 nitrogen and oxygen atoms in total. The number of para-hydroxylation sites is 1. The van der Waals surface area contributed by atoms with Crippen LogP contribution in [0, 0.1) is 24.1 Å². The molecular weight excluding hydrogens is 445 g/mol. The number of rotatable bonds is 7. The third kappa shape index (κ3) is 6.66. The average molecular weight is 464 g/mol. The standard InChI is InChI=1S/C25H19ClFN3O3/c1-16-6-9-20(10-7-16)29-25(32)18(14-28)12-17-13-19(26)8-11-23(17)33-15-24(31)30-22-5-3-2-4-21(22)27/h2-13H,15H2,1H3,(H,29,32)(H,30,31). The molecule has 3 aromatic carbocycles. The number of carbonyl (C=O) groups excluding carboxylic acids is 2. The van der Waals surface area contributed by atoms with Gasteiger partial charge in [-0.25, -0.2) is 4.39 Å². The zero-order chi connectivity index (χ0) is 23.8. The molecular formula is C25H19ClFN3O3. The van der Waals surface area contributed by atoms with E-state index in [1.807, 2.05) is 25.1 Å². The predicted molar refractivity (Wildman–Crippen MR) is 125 cm³/mol. The molecule has 3 rings (SSSR count). The summed E-state index contributed by atoms with van der Waals surface area (Å²) >= 11 is 6.07. The van der Waals surface area contributed by atoms with Crippen molar-refractivity contribution in [3.8, 4) is 11.8 Å². The highest BCUT2D eigenvalue weighted by atomic mass is 35.5. The summed E-state index contributed by atoms with van der Waals surface area (Å²) < 4.78 is 19.3. The lowest BCUT2D eigenvalue weighted by Crippen LogP contribution is -2.21. The molecule has 0 heterocycles. The normalized spacial score (nSPS) is 10.8. The van der Waals surface area contributed by atoms with Crippen molar-refractivity contribution in [3.05, 3.63) is 94.3 Å². The van der Waals surface area contributed by atoms with Crippen LogP contribution in [0.1, 0.15) is 11.1 Å². The first kappa shape index (κ1) is 23.5. The summed E-state index contributed by atoms with van der Waals surface area (Å²) in [7, 11) is 0. The first-order valence-corrected chi connectivity index (χ1v) is 10.2. The van der Waals surface area contributed by atoms with Crippen molar-refractivity contribution in [2.24, 2.45) is 0 Å². The number of nitrogens with zero attached hydrogens (tertiary/aromatic N) is 1. The van der Waals surface area contributed by atoms with Crippen LogP contribution >= 0.6 is 11.6 Å². The van der Waals surface area contributed by atoms with E-state index in [1.54, 1.807) is 24.3 Å². The number of ether oxygens (including phenoxy) is 1. The molecule has 33 heavy (non-hydrogen) atoms. The highest BCUT2D eigenvalue weighted by Gasteiger charge is 2.13. The van der Waals surface area contributed by atoms with Gasteiger partial charge in [0.15, 0.2) is 6.61 Å². The Morgan fingerprint density at radius 3 is 2.52 bits per heavy atom. The molecule has 0 aliphatic heterocycles. The van der Waals surface area contributed by atoms with Gasteiger partial charge in [0.25, 0.3) is 11.8 Å². The molecule has 0 aliphatic rings. The number of benzene rings is 3. The van der Waals surface area contributed by atoms with Gasteiger partial charge in [-0.3, -0.25) is 9.59 Å². The minimum atomic E-state index is -0.607. The summed E-state index contributed by atoms with van der Waals surface area (Å²) in [6.07, 6.45) is 1.32. The second kappa shape index (κ2) is 10.9. The van der Waals surface area contributed by atoms with E-state index in [-0.39, 0.29) is 17.0 Å². The zero-order valence-electron chi connectivity index (χ0n) is 17.6. The molecule has 8 heteroatoms. The van der Waals surface area contributed by atoms with Crippen molar-refractivity contribution in [3.63, 3.8) is 0 Å². The minimum Gasteiger partial charge on any atom is -0.483 e. The Morgan fingerprint density at radius 2 is 1.82 bits per heavy atom. The number of amides is 2. The van der Waals surface area contributed by atoms with Crippen LogP contribution in [0.2, 0.25) is 5.02 Å². The first-order chi connectivity index (χ1) is 15.9. The lowest BCUT2D eigenvalue weighted by Gasteiger charge is -2.11. The molecule has 0 aromatic heterocycles. The van der Waals surface area contributed by atoms with E-state index >= 15 is 0 Å². The molecule has 0 fully saturated rings. The van der Waals surface area contributed by atoms with E-state index in [9.17, 15) is 19.2 Å². The summed E-state index contributed by atoms with van der Waals surface area (Å²) in [5.41, 5.74) is 1.75. The maximum Gasteiger partial charge on any atom is 0.266 e. The quantitative estimate of drug-likeness (QED) is 0.365. The van der Waals surface area contributed by atoms with E-state index in [1.165, 1.54) is 36.4 Å². The van der Waals surface area contributed by atoms with Gasteiger partial charge in [-0.15, -0.1) is 0 Å². The van der Waals surface area contributed by atoms with E-state index in [4.69, 9.17) is 16.3 Å². The Bertz CT molecular complexity index is 1250. The van der Waals surface area contributed by atoms with Crippen LogP contribution < -0.4 is 15.4 Å². The fourth-order valence-electron chi connectivity index (χ4n) is 2.80. The molecule has 0 radical (unpaired) electrons. The van der Waals surface area contributed by atoms with Gasteiger partial charge in [0.1, 0.15) is 23.2 Å². The van der Waals surface area contributed by atoms with Crippen LogP contribution in [0.4, 0.5) is 15.8 Å². The maximum atomic E-state index is 13.7. The Kier molecular flexibility index (Phi) is 7.79. The second-order valence-corrected chi connectivity index (χ2v) is 7.43. The first-order valence-electron chi connectivity index (χ1n) is 9.82. The minimum absolute atomic E-state index is 0.0295. The monoisotopic (exact) mass is 463 g/mol. The highest BCUT2D eigenvalue weighted by molar-refractivity contribution is 6.30. The molecule has 0 spiro atoms. The lowest BCUT2D eigenvalue weighted by atomic mass is 10.1. The molecule has 0 atom stereocenters. The van der Waals surface area contributed by atoms with Crippen LogP contribution in [-0.2, 0) is 9.59 Å². The summed E-state index contributed by atoms with van der Waals surface area (Å²) in [6.45, 7) is 1.50. The number of hydrogen-bond acceptors (Lipinski definition) is 4. The Balaban J connectivity index is 1.75. The molecule has 0 aliphatic carbocycles. The van der Waals surface area contributed by atoms with Gasteiger partial charge in [-0.1, -0.05) is 41.4 Å². The molecule has 166 valence electrons. The van der Waals surface area contributed by atoms with Gasteiger partial charge in [-0.2, -0.15) is 5.26 Å². The molecule has 2 N–H and O–H groups in total. The average Bonchev–Trinajstić information content (AvgIpc) is 2.79. The van der Waals surface area contributed by atoms with Gasteiger partial charge in [0.05, 0.1) is 5.69 Å². The van der Waals surface area contributed by atoms with Crippen LogP contribution in [0.5, 0.6) is 5.75 Å². The van der Waals surface area contributed by atoms with Gasteiger partial charge in [-0.05, 0) is 55.5 Å². The van der Waals surface area contributed by atoms with Crippen molar-refractivity contribution < 1.29 is 18.7 Å². The topological polar surface area (TPSA) is 91.2 Å². The number of anilines is 2. The Morgan fingerprint density at radius 1 is 1.09 bits per heavy atom. The fourth-order valence-corrected chi connectivity index (χ4v) is 2.98. The maximum absolute atomic E-state index is 13.7. The van der Waals surface area contributed by atoms with Crippen molar-refractivity contribution in [2.45, 2.75) is 6.92 Å². The Labute approximate surface area is 195 Å². The second-order valence-electron chi connectivity index (χ2n) is 6.99. The van der Waals surface area contributed by atoms with Gasteiger partial charge >= 0.3 is 0 Å². The van der Waals surface area contributed by atoms with Crippen molar-refractivity contribution in [1.82, 2.24) is 0 Å². The van der Waals surface area contributed by atoms with E-state index in [0.717, 1.165) is 5.56 Å². The van der Waals surface area contributed by atoms with Gasteiger partial charge in [0, 0.05) is 16.3 Å². The number of hydrogen-bond donors (Lipinski definition) is 2. The third-order valence-electron chi connectivity index (χ3n) is 4.45. The molecule has 0 bridgehead atoms. The summed E-state index contributed by atoms with van der Waals surface area (Å²) in [6, 6.07) is 19.3. The number of carbonyl (C=O) groups is 2. The molecule has 3 aromatic rings. The Hall–Kier alpha value is -4.15. The van der Waals surface area contributed by atoms with Crippen LogP contribution in [-0.4, -0.2) is 18.4 Å². The van der Waals surface area contributed by atoms with E-state index in [0.29, 0.717) is 16.3 Å². The highest BCUT2D eigenvalue weighted by Crippen LogP contribution is 2.26. The number of aryl methyl sites for hydroxylation is 1. The van der Waals surface area contributed by atoms with E-state index < -0.39 is 24.2 Å². The van der Waals surface area contributed by atoms with E-state index in [2.05, 4.69) is 10.6 Å². The fraction of sp³-hybridized carbons (Fsp3) is 0.0800. The smallest absolute Gasteiger partial charge is 0.266 e. The van der Waals surface area contributed by atoms with Crippen molar-refractivity contribution in [1.29, 1.82) is 5.26 Å². The lowest BCUT2D eigenvalue weighted by molar-refractivity contribution is -0.118. The predicted octanol–water partition coefficient (Wildman–Crippen LogP) is 5.35. The zero-order valence-corrected chi connectivity index (χ0v) is 18.3. The van der Waals surface area contributed by atoms with Gasteiger partial charge in [0.2, 0.25) is 0 Å². The largest absolute Gasteiger partial charge is 0.483 e. The molecule has 2 amide bonds.